The van der Waals surface area contributed by atoms with Crippen molar-refractivity contribution >= 4 is 14.0 Å². The van der Waals surface area contributed by atoms with Crippen LogP contribution in [0, 0.1) is 5.41 Å². The highest BCUT2D eigenvalue weighted by Crippen LogP contribution is 2.45. The van der Waals surface area contributed by atoms with E-state index in [-0.39, 0.29) is 5.41 Å². The molecule has 1 aliphatic heterocycles. The Morgan fingerprint density at radius 1 is 1.67 bits per heavy atom. The average Bonchev–Trinajstić information content (AvgIpc) is 2.25. The van der Waals surface area contributed by atoms with Gasteiger partial charge in [0.1, 0.15) is 5.66 Å². The maximum atomic E-state index is 11.3. The van der Waals surface area contributed by atoms with Crippen LogP contribution in [0.25, 0.3) is 0 Å². The Kier molecular flexibility index (Phi) is 2.59. The second kappa shape index (κ2) is 3.19. The Bertz CT molecular complexity index is 223. The highest BCUT2D eigenvalue weighted by Gasteiger charge is 2.47. The molecule has 0 amide bonds. The third kappa shape index (κ3) is 1.54. The van der Waals surface area contributed by atoms with Crippen LogP contribution in [0.5, 0.6) is 0 Å². The van der Waals surface area contributed by atoms with Crippen molar-refractivity contribution in [2.75, 3.05) is 13.7 Å². The molecule has 5 heteroatoms. The van der Waals surface area contributed by atoms with Gasteiger partial charge in [0.15, 0.2) is 0 Å². The summed E-state index contributed by atoms with van der Waals surface area (Å²) in [5.74, 6) is -0.397. The molecule has 1 saturated heterocycles. The minimum atomic E-state index is -2.29. The number of ether oxygens (including phenoxy) is 1. The summed E-state index contributed by atoms with van der Waals surface area (Å²) < 4.78 is 20.8. The molecular weight excluding hydrogens is 179 g/mol. The maximum Gasteiger partial charge on any atom is 0.319 e. The molecule has 1 fully saturated rings. The summed E-state index contributed by atoms with van der Waals surface area (Å²) in [4.78, 5) is 11.1. The SMILES string of the molecule is CO[PH](=O)C1C(=O)OCC1(C)C. The van der Waals surface area contributed by atoms with E-state index in [1.54, 1.807) is 0 Å². The van der Waals surface area contributed by atoms with Gasteiger partial charge in [-0.15, -0.1) is 0 Å². The molecule has 0 aromatic heterocycles. The van der Waals surface area contributed by atoms with Gasteiger partial charge in [0.05, 0.1) is 6.61 Å². The van der Waals surface area contributed by atoms with Crippen molar-refractivity contribution in [2.24, 2.45) is 5.41 Å². The molecule has 1 heterocycles. The second-order valence-corrected chi connectivity index (χ2v) is 5.18. The van der Waals surface area contributed by atoms with Crippen LogP contribution in [0.2, 0.25) is 0 Å². The minimum absolute atomic E-state index is 0.330. The Hall–Kier alpha value is -0.340. The van der Waals surface area contributed by atoms with Gasteiger partial charge in [-0.2, -0.15) is 0 Å². The van der Waals surface area contributed by atoms with Crippen LogP contribution in [0.15, 0.2) is 0 Å². The zero-order valence-electron chi connectivity index (χ0n) is 7.42. The lowest BCUT2D eigenvalue weighted by molar-refractivity contribution is -0.137. The zero-order chi connectivity index (χ0) is 9.35. The lowest BCUT2D eigenvalue weighted by atomic mass is 9.92. The molecule has 4 nitrogen and oxygen atoms in total. The van der Waals surface area contributed by atoms with Crippen molar-refractivity contribution < 1.29 is 18.6 Å². The molecule has 2 atom stereocenters. The maximum absolute atomic E-state index is 11.3. The van der Waals surface area contributed by atoms with Crippen molar-refractivity contribution in [2.45, 2.75) is 19.5 Å². The average molecular weight is 192 g/mol. The van der Waals surface area contributed by atoms with E-state index in [1.807, 2.05) is 13.8 Å². The predicted octanol–water partition coefficient (Wildman–Crippen LogP) is 1.06. The Labute approximate surface area is 72.1 Å². The predicted molar refractivity (Wildman–Crippen MR) is 44.5 cm³/mol. The first kappa shape index (κ1) is 9.75. The molecule has 1 rings (SSSR count). The third-order valence-electron chi connectivity index (χ3n) is 2.04. The standard InChI is InChI=1S/C7H13O4P/c1-7(2)4-11-6(8)5(7)12(9)10-3/h5,12H,4H2,1-3H3. The molecule has 0 bridgehead atoms. The molecule has 0 aromatic carbocycles. The van der Waals surface area contributed by atoms with Crippen molar-refractivity contribution in [3.05, 3.63) is 0 Å². The largest absolute Gasteiger partial charge is 0.464 e. The van der Waals surface area contributed by atoms with Crippen LogP contribution >= 0.6 is 8.03 Å². The number of cyclic esters (lactones) is 1. The smallest absolute Gasteiger partial charge is 0.319 e. The fourth-order valence-corrected chi connectivity index (χ4v) is 2.51. The van der Waals surface area contributed by atoms with Crippen molar-refractivity contribution in [1.82, 2.24) is 0 Å². The van der Waals surface area contributed by atoms with Gasteiger partial charge in [-0.25, -0.2) is 0 Å². The highest BCUT2D eigenvalue weighted by molar-refractivity contribution is 7.41. The van der Waals surface area contributed by atoms with Crippen molar-refractivity contribution in [1.29, 1.82) is 0 Å². The van der Waals surface area contributed by atoms with Gasteiger partial charge in [-0.1, -0.05) is 13.8 Å². The fraction of sp³-hybridized carbons (Fsp3) is 0.857. The lowest BCUT2D eigenvalue weighted by Gasteiger charge is -2.19. The van der Waals surface area contributed by atoms with Gasteiger partial charge in [0.2, 0.25) is 8.03 Å². The Morgan fingerprint density at radius 2 is 2.25 bits per heavy atom. The van der Waals surface area contributed by atoms with Crippen LogP contribution in [0.3, 0.4) is 0 Å². The van der Waals surface area contributed by atoms with Crippen LogP contribution in [-0.4, -0.2) is 25.3 Å². The van der Waals surface area contributed by atoms with Gasteiger partial charge >= 0.3 is 5.97 Å². The van der Waals surface area contributed by atoms with Gasteiger partial charge in [-0.05, 0) is 0 Å². The van der Waals surface area contributed by atoms with E-state index in [4.69, 9.17) is 4.74 Å². The van der Waals surface area contributed by atoms with Crippen LogP contribution in [-0.2, 0) is 18.6 Å². The topological polar surface area (TPSA) is 52.6 Å². The summed E-state index contributed by atoms with van der Waals surface area (Å²) in [6.45, 7) is 4.03. The molecular formula is C7H13O4P. The summed E-state index contributed by atoms with van der Waals surface area (Å²) in [5.41, 5.74) is -0.934. The van der Waals surface area contributed by atoms with Gasteiger partial charge in [0.25, 0.3) is 0 Å². The molecule has 0 aromatic rings. The van der Waals surface area contributed by atoms with Crippen molar-refractivity contribution in [3.63, 3.8) is 0 Å². The first-order chi connectivity index (χ1) is 5.49. The van der Waals surface area contributed by atoms with E-state index in [0.29, 0.717) is 6.61 Å². The first-order valence-corrected chi connectivity index (χ1v) is 5.13. The molecule has 0 spiro atoms. The summed E-state index contributed by atoms with van der Waals surface area (Å²) in [6.07, 6.45) is 0. The summed E-state index contributed by atoms with van der Waals surface area (Å²) >= 11 is 0. The monoisotopic (exact) mass is 192 g/mol. The van der Waals surface area contributed by atoms with E-state index in [2.05, 4.69) is 4.52 Å². The number of hydrogen-bond acceptors (Lipinski definition) is 4. The minimum Gasteiger partial charge on any atom is -0.464 e. The fourth-order valence-electron chi connectivity index (χ4n) is 1.28. The number of esters is 1. The molecule has 12 heavy (non-hydrogen) atoms. The summed E-state index contributed by atoms with van der Waals surface area (Å²) in [5, 5.41) is 0. The van der Waals surface area contributed by atoms with E-state index in [1.165, 1.54) is 7.11 Å². The summed E-state index contributed by atoms with van der Waals surface area (Å²) in [6, 6.07) is 0. The highest BCUT2D eigenvalue weighted by atomic mass is 31.1. The van der Waals surface area contributed by atoms with Gasteiger partial charge < -0.3 is 9.26 Å². The van der Waals surface area contributed by atoms with E-state index in [0.717, 1.165) is 0 Å². The zero-order valence-corrected chi connectivity index (χ0v) is 8.42. The number of carbonyl (C=O) groups is 1. The molecule has 0 saturated carbocycles. The molecule has 0 N–H and O–H groups in total. The molecule has 1 aliphatic rings. The van der Waals surface area contributed by atoms with Crippen molar-refractivity contribution in [3.8, 4) is 0 Å². The van der Waals surface area contributed by atoms with Crippen LogP contribution < -0.4 is 0 Å². The third-order valence-corrected chi connectivity index (χ3v) is 3.93. The van der Waals surface area contributed by atoms with E-state index in [9.17, 15) is 9.36 Å². The number of carbonyl (C=O) groups excluding carboxylic acids is 1. The molecule has 0 aliphatic carbocycles. The normalized spacial score (nSPS) is 29.9. The second-order valence-electron chi connectivity index (χ2n) is 3.55. The van der Waals surface area contributed by atoms with Crippen LogP contribution in [0.4, 0.5) is 0 Å². The van der Waals surface area contributed by atoms with Gasteiger partial charge in [0, 0.05) is 12.5 Å². The quantitative estimate of drug-likeness (QED) is 0.485. The Morgan fingerprint density at radius 3 is 2.58 bits per heavy atom. The van der Waals surface area contributed by atoms with Crippen LogP contribution in [0.1, 0.15) is 13.8 Å². The molecule has 2 unspecified atom stereocenters. The molecule has 70 valence electrons. The Balaban J connectivity index is 2.85. The summed E-state index contributed by atoms with van der Waals surface area (Å²) in [7, 11) is -0.936. The molecule has 0 radical (unpaired) electrons. The lowest BCUT2D eigenvalue weighted by Crippen LogP contribution is -2.26. The van der Waals surface area contributed by atoms with E-state index < -0.39 is 19.7 Å². The van der Waals surface area contributed by atoms with E-state index >= 15 is 0 Å². The first-order valence-electron chi connectivity index (χ1n) is 3.73. The number of rotatable bonds is 2. The van der Waals surface area contributed by atoms with Gasteiger partial charge in [-0.3, -0.25) is 9.36 Å². The number of hydrogen-bond donors (Lipinski definition) is 0.